The summed E-state index contributed by atoms with van der Waals surface area (Å²) in [6.45, 7) is 1.85. The number of rotatable bonds is 0. The molecule has 3 nitrogen and oxygen atoms in total. The molecule has 0 aliphatic carbocycles. The number of fused-ring (bicyclic) bond motifs is 1. The lowest BCUT2D eigenvalue weighted by Gasteiger charge is -2.20. The summed E-state index contributed by atoms with van der Waals surface area (Å²) >= 11 is 1.61. The van der Waals surface area contributed by atoms with E-state index < -0.39 is 0 Å². The van der Waals surface area contributed by atoms with Crippen LogP contribution in [0, 0.1) is 0 Å². The fraction of sp³-hybridized carbons (Fsp3) is 0.286. The molecule has 2 N–H and O–H groups in total. The van der Waals surface area contributed by atoms with Gasteiger partial charge in [-0.2, -0.15) is 0 Å². The molecule has 2 heterocycles. The maximum atomic E-state index is 11.1. The highest BCUT2D eigenvalue weighted by Gasteiger charge is 2.21. The molecule has 1 amide bonds. The van der Waals surface area contributed by atoms with Crippen LogP contribution in [0.3, 0.4) is 0 Å². The molecule has 0 saturated carbocycles. The second kappa shape index (κ2) is 2.23. The molecule has 2 rings (SSSR count). The fourth-order valence-corrected chi connectivity index (χ4v) is 1.85. The average Bonchev–Trinajstić information content (AvgIpc) is 2.36. The van der Waals surface area contributed by atoms with Crippen molar-refractivity contribution in [3.8, 4) is 0 Å². The average molecular weight is 168 g/mol. The Morgan fingerprint density at radius 1 is 1.64 bits per heavy atom. The molecule has 0 radical (unpaired) electrons. The molecule has 0 fully saturated rings. The molecule has 0 aromatic carbocycles. The van der Waals surface area contributed by atoms with Gasteiger partial charge in [0.15, 0.2) is 0 Å². The Morgan fingerprint density at radius 3 is 3.27 bits per heavy atom. The zero-order chi connectivity index (χ0) is 7.84. The van der Waals surface area contributed by atoms with Crippen molar-refractivity contribution in [1.82, 2.24) is 0 Å². The molecule has 0 bridgehead atoms. The van der Waals surface area contributed by atoms with E-state index in [0.717, 1.165) is 10.7 Å². The minimum atomic E-state index is -0.110. The van der Waals surface area contributed by atoms with Gasteiger partial charge >= 0.3 is 0 Å². The summed E-state index contributed by atoms with van der Waals surface area (Å²) in [6.07, 6.45) is 0. The van der Waals surface area contributed by atoms with Gasteiger partial charge in [-0.15, -0.1) is 11.3 Å². The highest BCUT2D eigenvalue weighted by molar-refractivity contribution is 7.15. The van der Waals surface area contributed by atoms with Crippen molar-refractivity contribution in [3.63, 3.8) is 0 Å². The second-order valence-electron chi connectivity index (χ2n) is 2.52. The van der Waals surface area contributed by atoms with Gasteiger partial charge in [-0.05, 0) is 18.4 Å². The lowest BCUT2D eigenvalue weighted by atomic mass is 10.2. The number of hydrogen-bond donors (Lipinski definition) is 2. The number of carbonyl (C=O) groups is 1. The summed E-state index contributed by atoms with van der Waals surface area (Å²) in [6, 6.07) is 1.79. The summed E-state index contributed by atoms with van der Waals surface area (Å²) in [5.41, 5.74) is 0.901. The van der Waals surface area contributed by atoms with Gasteiger partial charge in [0, 0.05) is 0 Å². The SMILES string of the molecule is C[C@@H]1Nc2sccc2NC1=O. The fourth-order valence-electron chi connectivity index (χ4n) is 1.02. The number of nitrogens with one attached hydrogen (secondary N) is 2. The van der Waals surface area contributed by atoms with E-state index in [2.05, 4.69) is 10.6 Å². The van der Waals surface area contributed by atoms with Gasteiger partial charge in [0.1, 0.15) is 11.0 Å². The van der Waals surface area contributed by atoms with Crippen molar-refractivity contribution >= 4 is 27.9 Å². The van der Waals surface area contributed by atoms with Crippen LogP contribution in [0.25, 0.3) is 0 Å². The molecule has 0 saturated heterocycles. The number of carbonyl (C=O) groups excluding carboxylic acids is 1. The molecule has 1 aliphatic heterocycles. The summed E-state index contributed by atoms with van der Waals surface area (Å²) in [7, 11) is 0. The summed E-state index contributed by atoms with van der Waals surface area (Å²) in [5.74, 6) is 0.0379. The van der Waals surface area contributed by atoms with Crippen LogP contribution in [-0.2, 0) is 4.79 Å². The molecule has 11 heavy (non-hydrogen) atoms. The van der Waals surface area contributed by atoms with E-state index in [-0.39, 0.29) is 11.9 Å². The zero-order valence-electron chi connectivity index (χ0n) is 6.05. The van der Waals surface area contributed by atoms with E-state index in [1.165, 1.54) is 0 Å². The number of thiophene rings is 1. The van der Waals surface area contributed by atoms with E-state index in [9.17, 15) is 4.79 Å². The third-order valence-electron chi connectivity index (χ3n) is 1.66. The van der Waals surface area contributed by atoms with Crippen molar-refractivity contribution in [2.45, 2.75) is 13.0 Å². The van der Waals surface area contributed by atoms with Crippen LogP contribution in [-0.4, -0.2) is 11.9 Å². The van der Waals surface area contributed by atoms with E-state index in [1.54, 1.807) is 11.3 Å². The molecule has 1 atom stereocenters. The maximum Gasteiger partial charge on any atom is 0.246 e. The van der Waals surface area contributed by atoms with E-state index in [0.29, 0.717) is 0 Å². The molecule has 1 aromatic heterocycles. The standard InChI is InChI=1S/C7H8N2OS/c1-4-6(10)9-5-2-3-11-7(5)8-4/h2-4,8H,1H3,(H,9,10)/t4-/m0/s1. The topological polar surface area (TPSA) is 41.1 Å². The van der Waals surface area contributed by atoms with Crippen molar-refractivity contribution in [2.75, 3.05) is 10.6 Å². The lowest BCUT2D eigenvalue weighted by Crippen LogP contribution is -2.35. The Hall–Kier alpha value is -1.03. The van der Waals surface area contributed by atoms with Crippen LogP contribution in [0.2, 0.25) is 0 Å². The molecular weight excluding hydrogens is 160 g/mol. The molecular formula is C7H8N2OS. The first-order chi connectivity index (χ1) is 5.27. The minimum Gasteiger partial charge on any atom is -0.364 e. The highest BCUT2D eigenvalue weighted by Crippen LogP contribution is 2.31. The van der Waals surface area contributed by atoms with Crippen LogP contribution in [0.1, 0.15) is 6.92 Å². The number of anilines is 2. The van der Waals surface area contributed by atoms with Gasteiger partial charge in [0.25, 0.3) is 0 Å². The first kappa shape index (κ1) is 6.67. The summed E-state index contributed by atoms with van der Waals surface area (Å²) in [4.78, 5) is 11.1. The molecule has 1 aromatic rings. The smallest absolute Gasteiger partial charge is 0.246 e. The van der Waals surface area contributed by atoms with Gasteiger partial charge < -0.3 is 10.6 Å². The van der Waals surface area contributed by atoms with E-state index in [4.69, 9.17) is 0 Å². The second-order valence-corrected chi connectivity index (χ2v) is 3.43. The Morgan fingerprint density at radius 2 is 2.45 bits per heavy atom. The third-order valence-corrected chi connectivity index (χ3v) is 2.51. The highest BCUT2D eigenvalue weighted by atomic mass is 32.1. The number of amides is 1. The molecule has 1 aliphatic rings. The van der Waals surface area contributed by atoms with Crippen LogP contribution < -0.4 is 10.6 Å². The number of hydrogen-bond acceptors (Lipinski definition) is 3. The maximum absolute atomic E-state index is 11.1. The molecule has 4 heteroatoms. The Bertz CT molecular complexity index is 294. The summed E-state index contributed by atoms with van der Waals surface area (Å²) < 4.78 is 0. The monoisotopic (exact) mass is 168 g/mol. The largest absolute Gasteiger partial charge is 0.364 e. The minimum absolute atomic E-state index is 0.0379. The molecule has 0 spiro atoms. The lowest BCUT2D eigenvalue weighted by molar-refractivity contribution is -0.116. The van der Waals surface area contributed by atoms with Crippen molar-refractivity contribution in [1.29, 1.82) is 0 Å². The molecule has 58 valence electrons. The van der Waals surface area contributed by atoms with E-state index in [1.807, 2.05) is 18.4 Å². The van der Waals surface area contributed by atoms with Gasteiger partial charge in [0.05, 0.1) is 5.69 Å². The normalized spacial score (nSPS) is 21.9. The van der Waals surface area contributed by atoms with Crippen LogP contribution in [0.5, 0.6) is 0 Å². The Kier molecular flexibility index (Phi) is 1.35. The van der Waals surface area contributed by atoms with Crippen LogP contribution in [0.15, 0.2) is 11.4 Å². The Balaban J connectivity index is 2.37. The third kappa shape index (κ3) is 0.991. The van der Waals surface area contributed by atoms with Crippen molar-refractivity contribution in [2.24, 2.45) is 0 Å². The van der Waals surface area contributed by atoms with Gasteiger partial charge in [-0.3, -0.25) is 4.79 Å². The molecule has 0 unspecified atom stereocenters. The van der Waals surface area contributed by atoms with Gasteiger partial charge in [0.2, 0.25) is 5.91 Å². The quantitative estimate of drug-likeness (QED) is 0.616. The van der Waals surface area contributed by atoms with Gasteiger partial charge in [-0.25, -0.2) is 0 Å². The van der Waals surface area contributed by atoms with Crippen molar-refractivity contribution in [3.05, 3.63) is 11.4 Å². The Labute approximate surface area is 68.4 Å². The summed E-state index contributed by atoms with van der Waals surface area (Å²) in [5, 5.41) is 8.90. The van der Waals surface area contributed by atoms with Crippen molar-refractivity contribution < 1.29 is 4.79 Å². The van der Waals surface area contributed by atoms with Crippen LogP contribution in [0.4, 0.5) is 10.7 Å². The van der Waals surface area contributed by atoms with Gasteiger partial charge in [-0.1, -0.05) is 0 Å². The van der Waals surface area contributed by atoms with E-state index >= 15 is 0 Å². The predicted octanol–water partition coefficient (Wildman–Crippen LogP) is 1.50. The first-order valence-corrected chi connectivity index (χ1v) is 4.30. The van der Waals surface area contributed by atoms with Crippen LogP contribution >= 0.6 is 11.3 Å². The zero-order valence-corrected chi connectivity index (χ0v) is 6.87. The first-order valence-electron chi connectivity index (χ1n) is 3.42. The predicted molar refractivity (Wildman–Crippen MR) is 46.0 cm³/mol.